The quantitative estimate of drug-likeness (QED) is 0.228. The van der Waals surface area contributed by atoms with Crippen LogP contribution >= 0.6 is 35.3 Å². The molecule has 0 amide bonds. The largest absolute Gasteiger partial charge is 0.363 e. The van der Waals surface area contributed by atoms with Gasteiger partial charge in [0.2, 0.25) is 10.0 Å². The van der Waals surface area contributed by atoms with Crippen molar-refractivity contribution >= 4 is 56.3 Å². The first-order chi connectivity index (χ1) is 11.5. The average Bonchev–Trinajstić information content (AvgIpc) is 3.06. The lowest BCUT2D eigenvalue weighted by Crippen LogP contribution is -2.48. The Morgan fingerprint density at radius 1 is 1.40 bits per heavy atom. The number of anilines is 1. The Morgan fingerprint density at radius 3 is 2.68 bits per heavy atom. The summed E-state index contributed by atoms with van der Waals surface area (Å²) in [7, 11) is -3.15. The normalized spacial score (nSPS) is 16.4. The van der Waals surface area contributed by atoms with Gasteiger partial charge in [-0.1, -0.05) is 0 Å². The van der Waals surface area contributed by atoms with Crippen molar-refractivity contribution < 1.29 is 8.42 Å². The summed E-state index contributed by atoms with van der Waals surface area (Å²) < 4.78 is 24.6. The third kappa shape index (κ3) is 8.56. The molecule has 0 bridgehead atoms. The Labute approximate surface area is 171 Å². The van der Waals surface area contributed by atoms with E-state index in [2.05, 4.69) is 42.8 Å². The lowest BCUT2D eigenvalue weighted by molar-refractivity contribution is 0.463. The fourth-order valence-electron chi connectivity index (χ4n) is 2.61. The molecule has 7 nitrogen and oxygen atoms in total. The molecular weight excluding hydrogens is 473 g/mol. The highest BCUT2D eigenvalue weighted by Crippen LogP contribution is 2.24. The molecule has 1 fully saturated rings. The number of piperidine rings is 1. The zero-order valence-corrected chi connectivity index (χ0v) is 18.7. The van der Waals surface area contributed by atoms with Crippen molar-refractivity contribution in [3.8, 4) is 0 Å². The minimum absolute atomic E-state index is 0. The van der Waals surface area contributed by atoms with Crippen LogP contribution in [-0.4, -0.2) is 59.4 Å². The van der Waals surface area contributed by atoms with E-state index in [1.165, 1.54) is 5.00 Å². The lowest BCUT2D eigenvalue weighted by atomic mass is 10.1. The van der Waals surface area contributed by atoms with E-state index in [0.29, 0.717) is 19.1 Å². The summed E-state index contributed by atoms with van der Waals surface area (Å²) in [6, 6.07) is 4.64. The maximum Gasteiger partial charge on any atom is 0.208 e. The molecule has 144 valence electrons. The maximum absolute atomic E-state index is 11.1. The average molecular weight is 501 g/mol. The first-order valence-electron chi connectivity index (χ1n) is 8.26. The third-order valence-electron chi connectivity index (χ3n) is 3.74. The predicted molar refractivity (Wildman–Crippen MR) is 117 cm³/mol. The molecule has 2 heterocycles. The van der Waals surface area contributed by atoms with Gasteiger partial charge in [0.15, 0.2) is 5.96 Å². The summed E-state index contributed by atoms with van der Waals surface area (Å²) in [6.07, 6.45) is 3.27. The van der Waals surface area contributed by atoms with Gasteiger partial charge < -0.3 is 15.5 Å². The topological polar surface area (TPSA) is 85.8 Å². The van der Waals surface area contributed by atoms with E-state index in [4.69, 9.17) is 0 Å². The molecule has 10 heteroatoms. The highest BCUT2D eigenvalue weighted by Gasteiger charge is 2.20. The van der Waals surface area contributed by atoms with Crippen LogP contribution in [0.2, 0.25) is 0 Å². The molecule has 1 aromatic heterocycles. The first-order valence-corrected chi connectivity index (χ1v) is 11.0. The van der Waals surface area contributed by atoms with Gasteiger partial charge in [-0.15, -0.1) is 35.3 Å². The molecule has 0 unspecified atom stereocenters. The Bertz CT molecular complexity index is 614. The van der Waals surface area contributed by atoms with E-state index in [0.717, 1.165) is 44.7 Å². The van der Waals surface area contributed by atoms with E-state index in [1.54, 1.807) is 11.3 Å². The summed E-state index contributed by atoms with van der Waals surface area (Å²) in [5.41, 5.74) is 0. The SMILES string of the molecule is CCNC(=NCCNS(C)(=O)=O)NC1CCN(c2cccs2)CC1.I. The van der Waals surface area contributed by atoms with Crippen molar-refractivity contribution in [1.82, 2.24) is 15.4 Å². The van der Waals surface area contributed by atoms with Gasteiger partial charge in [-0.2, -0.15) is 0 Å². The molecule has 0 spiro atoms. The van der Waals surface area contributed by atoms with Crippen LogP contribution in [0.25, 0.3) is 0 Å². The van der Waals surface area contributed by atoms with Crippen LogP contribution in [0.5, 0.6) is 0 Å². The molecule has 1 aromatic rings. The molecule has 2 rings (SSSR count). The number of rotatable bonds is 7. The molecule has 0 radical (unpaired) electrons. The second-order valence-corrected chi connectivity index (χ2v) is 8.54. The summed E-state index contributed by atoms with van der Waals surface area (Å²) in [4.78, 5) is 6.86. The number of hydrogen-bond donors (Lipinski definition) is 3. The van der Waals surface area contributed by atoms with E-state index in [9.17, 15) is 8.42 Å². The molecule has 0 aliphatic carbocycles. The van der Waals surface area contributed by atoms with Crippen LogP contribution in [0.15, 0.2) is 22.5 Å². The molecule has 25 heavy (non-hydrogen) atoms. The van der Waals surface area contributed by atoms with Crippen LogP contribution in [0.3, 0.4) is 0 Å². The zero-order chi connectivity index (χ0) is 17.4. The van der Waals surface area contributed by atoms with Crippen molar-refractivity contribution in [1.29, 1.82) is 0 Å². The maximum atomic E-state index is 11.1. The van der Waals surface area contributed by atoms with Gasteiger partial charge in [-0.3, -0.25) is 4.99 Å². The zero-order valence-electron chi connectivity index (χ0n) is 14.7. The Morgan fingerprint density at radius 2 is 2.12 bits per heavy atom. The summed E-state index contributed by atoms with van der Waals surface area (Å²) in [6.45, 7) is 5.59. The number of nitrogens with zero attached hydrogens (tertiary/aromatic N) is 2. The molecular formula is C15H28IN5O2S2. The molecule has 0 aromatic carbocycles. The van der Waals surface area contributed by atoms with Gasteiger partial charge in [-0.25, -0.2) is 13.1 Å². The molecule has 1 aliphatic rings. The van der Waals surface area contributed by atoms with Crippen molar-refractivity contribution in [2.24, 2.45) is 4.99 Å². The number of sulfonamides is 1. The minimum atomic E-state index is -3.15. The summed E-state index contributed by atoms with van der Waals surface area (Å²) in [5, 5.41) is 10.1. The predicted octanol–water partition coefficient (Wildman–Crippen LogP) is 1.44. The molecule has 1 saturated heterocycles. The van der Waals surface area contributed by atoms with Gasteiger partial charge in [0.05, 0.1) is 17.8 Å². The van der Waals surface area contributed by atoms with Gasteiger partial charge in [0.1, 0.15) is 0 Å². The van der Waals surface area contributed by atoms with E-state index >= 15 is 0 Å². The summed E-state index contributed by atoms with van der Waals surface area (Å²) >= 11 is 1.78. The highest BCUT2D eigenvalue weighted by molar-refractivity contribution is 14.0. The molecule has 1 aliphatic heterocycles. The lowest BCUT2D eigenvalue weighted by Gasteiger charge is -2.33. The van der Waals surface area contributed by atoms with E-state index < -0.39 is 10.0 Å². The van der Waals surface area contributed by atoms with Gasteiger partial charge in [0, 0.05) is 32.2 Å². The Balaban J connectivity index is 0.00000312. The van der Waals surface area contributed by atoms with Gasteiger partial charge in [-0.05, 0) is 37.3 Å². The molecule has 0 saturated carbocycles. The monoisotopic (exact) mass is 501 g/mol. The second-order valence-electron chi connectivity index (χ2n) is 5.78. The van der Waals surface area contributed by atoms with Gasteiger partial charge in [0.25, 0.3) is 0 Å². The van der Waals surface area contributed by atoms with Crippen molar-refractivity contribution in [2.75, 3.05) is 43.9 Å². The number of aliphatic imine (C=N–C) groups is 1. The fourth-order valence-corrected chi connectivity index (χ4v) is 3.85. The van der Waals surface area contributed by atoms with Crippen molar-refractivity contribution in [2.45, 2.75) is 25.8 Å². The van der Waals surface area contributed by atoms with Crippen LogP contribution < -0.4 is 20.3 Å². The van der Waals surface area contributed by atoms with Crippen molar-refractivity contribution in [3.63, 3.8) is 0 Å². The molecule has 0 atom stereocenters. The number of hydrogen-bond acceptors (Lipinski definition) is 5. The minimum Gasteiger partial charge on any atom is -0.363 e. The number of guanidine groups is 1. The first kappa shape index (κ1) is 22.5. The van der Waals surface area contributed by atoms with E-state index in [1.807, 2.05) is 6.92 Å². The van der Waals surface area contributed by atoms with E-state index in [-0.39, 0.29) is 24.0 Å². The highest BCUT2D eigenvalue weighted by atomic mass is 127. The smallest absolute Gasteiger partial charge is 0.208 e. The van der Waals surface area contributed by atoms with Crippen molar-refractivity contribution in [3.05, 3.63) is 17.5 Å². The van der Waals surface area contributed by atoms with Crippen LogP contribution in [0, 0.1) is 0 Å². The summed E-state index contributed by atoms with van der Waals surface area (Å²) in [5.74, 6) is 0.752. The van der Waals surface area contributed by atoms with Crippen LogP contribution in [-0.2, 0) is 10.0 Å². The standard InChI is InChI=1S/C15H27N5O2S2.HI/c1-3-16-15(17-8-9-18-24(2,21)22)19-13-6-10-20(11-7-13)14-5-4-12-23-14;/h4-5,12-13,18H,3,6-11H2,1-2H3,(H2,16,17,19);1H. The van der Waals surface area contributed by atoms with Crippen LogP contribution in [0.4, 0.5) is 5.00 Å². The van der Waals surface area contributed by atoms with Crippen LogP contribution in [0.1, 0.15) is 19.8 Å². The molecule has 3 N–H and O–H groups in total. The number of nitrogens with one attached hydrogen (secondary N) is 3. The fraction of sp³-hybridized carbons (Fsp3) is 0.667. The number of halogens is 1. The number of thiophene rings is 1. The Kier molecular flexibility index (Phi) is 10.1. The van der Waals surface area contributed by atoms with Gasteiger partial charge >= 0.3 is 0 Å². The third-order valence-corrected chi connectivity index (χ3v) is 5.40. The Hall–Kier alpha value is -0.590. The second kappa shape index (κ2) is 11.2.